The van der Waals surface area contributed by atoms with Gasteiger partial charge in [-0.3, -0.25) is 0 Å². The lowest BCUT2D eigenvalue weighted by molar-refractivity contribution is 0.562. The van der Waals surface area contributed by atoms with Gasteiger partial charge in [0.05, 0.1) is 5.69 Å². The highest BCUT2D eigenvalue weighted by Gasteiger charge is 2.39. The van der Waals surface area contributed by atoms with Crippen LogP contribution in [0.4, 0.5) is 5.82 Å². The largest absolute Gasteiger partial charge is 0.350 e. The van der Waals surface area contributed by atoms with Crippen molar-refractivity contribution in [1.82, 2.24) is 19.9 Å². The summed E-state index contributed by atoms with van der Waals surface area (Å²) < 4.78 is 1.98. The van der Waals surface area contributed by atoms with Crippen LogP contribution in [0.15, 0.2) is 18.5 Å². The molecule has 0 aromatic carbocycles. The molecule has 0 saturated carbocycles. The van der Waals surface area contributed by atoms with E-state index in [4.69, 9.17) is 5.10 Å². The van der Waals surface area contributed by atoms with Crippen LogP contribution < -0.4 is 10.2 Å². The lowest BCUT2D eigenvalue weighted by Crippen LogP contribution is -2.35. The third-order valence-electron chi connectivity index (χ3n) is 4.86. The minimum atomic E-state index is 0.0613. The van der Waals surface area contributed by atoms with Gasteiger partial charge in [0.25, 0.3) is 0 Å². The fourth-order valence-corrected chi connectivity index (χ4v) is 3.61. The van der Waals surface area contributed by atoms with Crippen LogP contribution in [0.1, 0.15) is 32.9 Å². The maximum Gasteiger partial charge on any atom is 0.154 e. The topological polar surface area (TPSA) is 45.5 Å². The molecule has 0 bridgehead atoms. The highest BCUT2D eigenvalue weighted by atomic mass is 15.3. The highest BCUT2D eigenvalue weighted by molar-refractivity contribution is 5.70. The number of fused-ring (bicyclic) bond motifs is 2. The molecule has 0 aliphatic carbocycles. The molecule has 2 atom stereocenters. The van der Waals surface area contributed by atoms with Crippen LogP contribution in [0.2, 0.25) is 0 Å². The highest BCUT2D eigenvalue weighted by Crippen LogP contribution is 2.34. The van der Waals surface area contributed by atoms with E-state index >= 15 is 0 Å². The van der Waals surface area contributed by atoms with Crippen molar-refractivity contribution >= 4 is 11.3 Å². The standard InChI is InChI=1S/C16H23N5/c1-16(2,3)14-8-12-15(18-5-7-21(12)19-14)20-6-4-11-9-17-10-13(11)20/h5,7-8,11,13,17H,4,6,9-10H2,1-3H3/t11-,13+/m0/s1. The molecule has 21 heavy (non-hydrogen) atoms. The van der Waals surface area contributed by atoms with Crippen molar-refractivity contribution in [2.45, 2.75) is 38.6 Å². The van der Waals surface area contributed by atoms with Gasteiger partial charge in [0.1, 0.15) is 5.52 Å². The van der Waals surface area contributed by atoms with Crippen LogP contribution >= 0.6 is 0 Å². The molecular weight excluding hydrogens is 262 g/mol. The molecule has 2 saturated heterocycles. The first-order chi connectivity index (χ1) is 10.0. The van der Waals surface area contributed by atoms with Gasteiger partial charge in [-0.15, -0.1) is 0 Å². The second kappa shape index (κ2) is 4.44. The van der Waals surface area contributed by atoms with Crippen LogP contribution in [0.3, 0.4) is 0 Å². The molecule has 0 unspecified atom stereocenters. The Morgan fingerprint density at radius 3 is 2.95 bits per heavy atom. The SMILES string of the molecule is CC(C)(C)c1cc2c(N3CC[C@H]4CNC[C@H]43)nccn2n1. The summed E-state index contributed by atoms with van der Waals surface area (Å²) in [4.78, 5) is 7.16. The number of anilines is 1. The Labute approximate surface area is 125 Å². The number of hydrogen-bond donors (Lipinski definition) is 1. The maximum atomic E-state index is 4.74. The first-order valence-corrected chi connectivity index (χ1v) is 7.86. The summed E-state index contributed by atoms with van der Waals surface area (Å²) in [7, 11) is 0. The van der Waals surface area contributed by atoms with Crippen molar-refractivity contribution in [3.63, 3.8) is 0 Å². The van der Waals surface area contributed by atoms with Crippen molar-refractivity contribution < 1.29 is 0 Å². The Balaban J connectivity index is 1.80. The molecule has 2 aromatic rings. The molecule has 1 N–H and O–H groups in total. The van der Waals surface area contributed by atoms with E-state index in [0.717, 1.165) is 42.6 Å². The fraction of sp³-hybridized carbons (Fsp3) is 0.625. The van der Waals surface area contributed by atoms with Crippen molar-refractivity contribution in [3.8, 4) is 0 Å². The molecule has 2 aliphatic heterocycles. The second-order valence-electron chi connectivity index (χ2n) is 7.33. The number of aromatic nitrogens is 3. The predicted octanol–water partition coefficient (Wildman–Crippen LogP) is 1.82. The summed E-state index contributed by atoms with van der Waals surface area (Å²) in [6.45, 7) is 9.95. The smallest absolute Gasteiger partial charge is 0.154 e. The van der Waals surface area contributed by atoms with Crippen LogP contribution in [0, 0.1) is 5.92 Å². The molecule has 0 amide bonds. The third-order valence-corrected chi connectivity index (χ3v) is 4.86. The zero-order chi connectivity index (χ0) is 14.6. The van der Waals surface area contributed by atoms with Crippen molar-refractivity contribution in [2.75, 3.05) is 24.5 Å². The second-order valence-corrected chi connectivity index (χ2v) is 7.33. The summed E-state index contributed by atoms with van der Waals surface area (Å²) >= 11 is 0. The van der Waals surface area contributed by atoms with E-state index < -0.39 is 0 Å². The molecule has 112 valence electrons. The first-order valence-electron chi connectivity index (χ1n) is 7.86. The Bertz CT molecular complexity index is 669. The van der Waals surface area contributed by atoms with E-state index in [-0.39, 0.29) is 5.41 Å². The van der Waals surface area contributed by atoms with Gasteiger partial charge in [-0.05, 0) is 18.4 Å². The van der Waals surface area contributed by atoms with Gasteiger partial charge in [0.2, 0.25) is 0 Å². The summed E-state index contributed by atoms with van der Waals surface area (Å²) in [6.07, 6.45) is 5.09. The Kier molecular flexibility index (Phi) is 2.76. The summed E-state index contributed by atoms with van der Waals surface area (Å²) in [5, 5.41) is 8.25. The number of rotatable bonds is 1. The molecule has 2 aromatic heterocycles. The molecule has 2 aliphatic rings. The summed E-state index contributed by atoms with van der Waals surface area (Å²) in [6, 6.07) is 2.80. The average molecular weight is 285 g/mol. The van der Waals surface area contributed by atoms with E-state index in [2.05, 4.69) is 42.0 Å². The molecule has 4 rings (SSSR count). The van der Waals surface area contributed by atoms with Gasteiger partial charge in [0.15, 0.2) is 5.82 Å². The molecule has 5 heteroatoms. The normalized spacial score (nSPS) is 25.8. The zero-order valence-electron chi connectivity index (χ0n) is 13.0. The lowest BCUT2D eigenvalue weighted by atomic mass is 9.92. The lowest BCUT2D eigenvalue weighted by Gasteiger charge is -2.24. The third kappa shape index (κ3) is 2.02. The van der Waals surface area contributed by atoms with Crippen LogP contribution in [-0.2, 0) is 5.41 Å². The van der Waals surface area contributed by atoms with E-state index in [1.807, 2.05) is 16.9 Å². The van der Waals surface area contributed by atoms with Gasteiger partial charge < -0.3 is 10.2 Å². The molecule has 2 fully saturated rings. The summed E-state index contributed by atoms with van der Waals surface area (Å²) in [5.74, 6) is 1.87. The first kappa shape index (κ1) is 13.1. The molecular formula is C16H23N5. The fourth-order valence-electron chi connectivity index (χ4n) is 3.61. The van der Waals surface area contributed by atoms with Gasteiger partial charge in [-0.2, -0.15) is 5.10 Å². The van der Waals surface area contributed by atoms with E-state index in [1.54, 1.807) is 0 Å². The van der Waals surface area contributed by atoms with Crippen molar-refractivity contribution in [3.05, 3.63) is 24.2 Å². The van der Waals surface area contributed by atoms with E-state index in [1.165, 1.54) is 6.42 Å². The summed E-state index contributed by atoms with van der Waals surface area (Å²) in [5.41, 5.74) is 2.32. The maximum absolute atomic E-state index is 4.74. The van der Waals surface area contributed by atoms with Crippen molar-refractivity contribution in [1.29, 1.82) is 0 Å². The Morgan fingerprint density at radius 2 is 2.14 bits per heavy atom. The molecule has 5 nitrogen and oxygen atoms in total. The minimum Gasteiger partial charge on any atom is -0.350 e. The van der Waals surface area contributed by atoms with Crippen LogP contribution in [-0.4, -0.2) is 40.3 Å². The number of nitrogens with one attached hydrogen (secondary N) is 1. The van der Waals surface area contributed by atoms with Crippen molar-refractivity contribution in [2.24, 2.45) is 5.92 Å². The Morgan fingerprint density at radius 1 is 1.29 bits per heavy atom. The van der Waals surface area contributed by atoms with Gasteiger partial charge in [-0.25, -0.2) is 9.50 Å². The number of hydrogen-bond acceptors (Lipinski definition) is 4. The molecule has 4 heterocycles. The van der Waals surface area contributed by atoms with Gasteiger partial charge >= 0.3 is 0 Å². The Hall–Kier alpha value is -1.62. The van der Waals surface area contributed by atoms with Gasteiger partial charge in [0, 0.05) is 43.5 Å². The molecule has 0 radical (unpaired) electrons. The van der Waals surface area contributed by atoms with E-state index in [0.29, 0.717) is 6.04 Å². The van der Waals surface area contributed by atoms with E-state index in [9.17, 15) is 0 Å². The molecule has 0 spiro atoms. The quantitative estimate of drug-likeness (QED) is 0.868. The van der Waals surface area contributed by atoms with Gasteiger partial charge in [-0.1, -0.05) is 20.8 Å². The average Bonchev–Trinajstić information content (AvgIpc) is 3.11. The minimum absolute atomic E-state index is 0.0613. The zero-order valence-corrected chi connectivity index (χ0v) is 13.0. The van der Waals surface area contributed by atoms with Crippen LogP contribution in [0.25, 0.3) is 5.52 Å². The number of nitrogens with zero attached hydrogens (tertiary/aromatic N) is 4. The predicted molar refractivity (Wildman–Crippen MR) is 83.8 cm³/mol. The monoisotopic (exact) mass is 285 g/mol. The van der Waals surface area contributed by atoms with Crippen LogP contribution in [0.5, 0.6) is 0 Å².